The van der Waals surface area contributed by atoms with E-state index in [-0.39, 0.29) is 4.90 Å². The second kappa shape index (κ2) is 6.74. The van der Waals surface area contributed by atoms with Crippen LogP contribution in [0.2, 0.25) is 0 Å². The predicted molar refractivity (Wildman–Crippen MR) is 99.8 cm³/mol. The largest absolute Gasteiger partial charge is 0.369 e. The van der Waals surface area contributed by atoms with Crippen LogP contribution in [0.5, 0.6) is 0 Å². The Morgan fingerprint density at radius 1 is 1.07 bits per heavy atom. The highest BCUT2D eigenvalue weighted by Gasteiger charge is 2.62. The number of benzene rings is 2. The molecule has 9 nitrogen and oxygen atoms in total. The third kappa shape index (κ3) is 3.05. The van der Waals surface area contributed by atoms with Crippen molar-refractivity contribution in [1.29, 1.82) is 0 Å². The Morgan fingerprint density at radius 3 is 2.22 bits per heavy atom. The SMILES string of the molecule is COP(=O)(OC)[C@@]1(Nc2ccc(S(N)(=O)=O)cc2)C(=O)Nc2ccccc21. The summed E-state index contributed by atoms with van der Waals surface area (Å²) in [5.41, 5.74) is 1.17. The highest BCUT2D eigenvalue weighted by Crippen LogP contribution is 2.67. The van der Waals surface area contributed by atoms with E-state index in [4.69, 9.17) is 14.2 Å². The van der Waals surface area contributed by atoms with Gasteiger partial charge in [-0.2, -0.15) is 0 Å². The Hall–Kier alpha value is -2.23. The number of carbonyl (C=O) groups excluding carboxylic acids is 1. The van der Waals surface area contributed by atoms with Crippen LogP contribution in [-0.4, -0.2) is 28.5 Å². The lowest BCUT2D eigenvalue weighted by Gasteiger charge is -2.34. The molecule has 4 N–H and O–H groups in total. The normalized spacial score (nSPS) is 19.4. The van der Waals surface area contributed by atoms with Gasteiger partial charge < -0.3 is 19.7 Å². The van der Waals surface area contributed by atoms with Gasteiger partial charge in [-0.3, -0.25) is 9.36 Å². The van der Waals surface area contributed by atoms with Gasteiger partial charge in [-0.05, 0) is 30.3 Å². The molecule has 1 heterocycles. The van der Waals surface area contributed by atoms with Gasteiger partial charge in [0.2, 0.25) is 15.3 Å². The molecule has 0 aromatic heterocycles. The third-order valence-electron chi connectivity index (χ3n) is 4.29. The van der Waals surface area contributed by atoms with Gasteiger partial charge in [-0.1, -0.05) is 18.2 Å². The Kier molecular flexibility index (Phi) is 4.87. The molecular formula is C16H18N3O6PS. The summed E-state index contributed by atoms with van der Waals surface area (Å²) in [4.78, 5) is 12.8. The lowest BCUT2D eigenvalue weighted by Crippen LogP contribution is -2.42. The molecule has 1 amide bonds. The van der Waals surface area contributed by atoms with Crippen LogP contribution in [0.1, 0.15) is 5.56 Å². The standard InChI is InChI=1S/C16H18N3O6PS/c1-24-26(21,25-2)16(13-5-3-4-6-14(13)18-15(16)20)19-11-7-9-12(10-8-11)27(17,22)23/h3-10,19H,1-2H3,(H,18,20)(H2,17,22,23)/t16-/m1/s1. The molecule has 0 unspecified atom stereocenters. The van der Waals surface area contributed by atoms with E-state index in [1.807, 2.05) is 0 Å². The molecule has 0 spiro atoms. The zero-order valence-corrected chi connectivity index (χ0v) is 16.2. The Labute approximate surface area is 156 Å². The number of primary sulfonamides is 1. The molecule has 3 rings (SSSR count). The van der Waals surface area contributed by atoms with Crippen molar-refractivity contribution in [2.75, 3.05) is 24.9 Å². The van der Waals surface area contributed by atoms with Crippen LogP contribution in [-0.2, 0) is 33.7 Å². The molecule has 1 aliphatic heterocycles. The number of carbonyl (C=O) groups is 1. The van der Waals surface area contributed by atoms with E-state index < -0.39 is 28.8 Å². The number of amides is 1. The number of rotatable bonds is 6. The van der Waals surface area contributed by atoms with Gasteiger partial charge in [-0.25, -0.2) is 13.6 Å². The molecule has 27 heavy (non-hydrogen) atoms. The van der Waals surface area contributed by atoms with E-state index in [0.29, 0.717) is 16.9 Å². The second-order valence-corrected chi connectivity index (χ2v) is 9.72. The van der Waals surface area contributed by atoms with E-state index in [0.717, 1.165) is 0 Å². The van der Waals surface area contributed by atoms with Gasteiger partial charge in [0.1, 0.15) is 0 Å². The number of hydrogen-bond donors (Lipinski definition) is 3. The number of fused-ring (bicyclic) bond motifs is 1. The molecule has 0 bridgehead atoms. The van der Waals surface area contributed by atoms with E-state index in [1.54, 1.807) is 24.3 Å². The van der Waals surface area contributed by atoms with Crippen molar-refractivity contribution in [2.45, 2.75) is 10.2 Å². The maximum atomic E-state index is 13.4. The van der Waals surface area contributed by atoms with Gasteiger partial charge in [-0.15, -0.1) is 0 Å². The maximum absolute atomic E-state index is 13.4. The van der Waals surface area contributed by atoms with Crippen molar-refractivity contribution < 1.29 is 26.8 Å². The molecule has 2 aromatic rings. The van der Waals surface area contributed by atoms with Crippen molar-refractivity contribution in [3.05, 3.63) is 54.1 Å². The monoisotopic (exact) mass is 411 g/mol. The fourth-order valence-electron chi connectivity index (χ4n) is 2.99. The average Bonchev–Trinajstić information content (AvgIpc) is 2.93. The number of anilines is 2. The third-order valence-corrected chi connectivity index (χ3v) is 7.56. The summed E-state index contributed by atoms with van der Waals surface area (Å²) in [6, 6.07) is 12.1. The summed E-state index contributed by atoms with van der Waals surface area (Å²) in [5, 5.41) is 8.84. The Morgan fingerprint density at radius 2 is 1.67 bits per heavy atom. The molecule has 11 heteroatoms. The van der Waals surface area contributed by atoms with E-state index >= 15 is 0 Å². The zero-order valence-electron chi connectivity index (χ0n) is 14.5. The summed E-state index contributed by atoms with van der Waals surface area (Å²) in [7, 11) is -5.52. The van der Waals surface area contributed by atoms with Gasteiger partial charge in [0.15, 0.2) is 0 Å². The fourth-order valence-corrected chi connectivity index (χ4v) is 5.27. The highest BCUT2D eigenvalue weighted by molar-refractivity contribution is 7.89. The van der Waals surface area contributed by atoms with E-state index in [1.165, 1.54) is 38.5 Å². The topological polar surface area (TPSA) is 137 Å². The maximum Gasteiger partial charge on any atom is 0.369 e. The number of para-hydroxylation sites is 1. The number of sulfonamides is 1. The molecule has 0 aliphatic carbocycles. The van der Waals surface area contributed by atoms with Crippen molar-refractivity contribution >= 4 is 34.9 Å². The summed E-state index contributed by atoms with van der Waals surface area (Å²) in [6.07, 6.45) is 0. The first kappa shape index (κ1) is 19.5. The minimum absolute atomic E-state index is 0.0972. The first-order valence-corrected chi connectivity index (χ1v) is 10.8. The molecule has 2 aromatic carbocycles. The lowest BCUT2D eigenvalue weighted by molar-refractivity contribution is -0.118. The van der Waals surface area contributed by atoms with Crippen molar-refractivity contribution in [1.82, 2.24) is 0 Å². The number of nitrogens with one attached hydrogen (secondary N) is 2. The van der Waals surface area contributed by atoms with Crippen molar-refractivity contribution in [3.63, 3.8) is 0 Å². The van der Waals surface area contributed by atoms with E-state index in [9.17, 15) is 17.8 Å². The zero-order chi connectivity index (χ0) is 19.9. The van der Waals surface area contributed by atoms with E-state index in [2.05, 4.69) is 10.6 Å². The highest BCUT2D eigenvalue weighted by atomic mass is 32.2. The van der Waals surface area contributed by atoms with Crippen LogP contribution < -0.4 is 15.8 Å². The molecule has 0 fully saturated rings. The molecule has 0 saturated carbocycles. The lowest BCUT2D eigenvalue weighted by atomic mass is 10.1. The van der Waals surface area contributed by atoms with Crippen LogP contribution >= 0.6 is 7.60 Å². The summed E-state index contributed by atoms with van der Waals surface area (Å²) in [5.74, 6) is -0.619. The average molecular weight is 411 g/mol. The minimum atomic E-state index is -4.02. The van der Waals surface area contributed by atoms with Crippen LogP contribution in [0.25, 0.3) is 0 Å². The Balaban J connectivity index is 2.16. The van der Waals surface area contributed by atoms with Crippen molar-refractivity contribution in [3.8, 4) is 0 Å². The van der Waals surface area contributed by atoms with Gasteiger partial charge in [0.25, 0.3) is 5.91 Å². The smallest absolute Gasteiger partial charge is 0.358 e. The first-order chi connectivity index (χ1) is 12.7. The quantitative estimate of drug-likeness (QED) is 0.619. The van der Waals surface area contributed by atoms with Crippen LogP contribution in [0.3, 0.4) is 0 Å². The van der Waals surface area contributed by atoms with Gasteiger partial charge in [0.05, 0.1) is 4.90 Å². The number of nitrogens with two attached hydrogens (primary N) is 1. The van der Waals surface area contributed by atoms with Crippen LogP contribution in [0.4, 0.5) is 11.4 Å². The van der Waals surface area contributed by atoms with Crippen LogP contribution in [0, 0.1) is 0 Å². The number of hydrogen-bond acceptors (Lipinski definition) is 7. The second-order valence-electron chi connectivity index (χ2n) is 5.77. The van der Waals surface area contributed by atoms with Gasteiger partial charge in [0, 0.05) is 31.2 Å². The fraction of sp³-hybridized carbons (Fsp3) is 0.188. The van der Waals surface area contributed by atoms with Crippen LogP contribution in [0.15, 0.2) is 53.4 Å². The van der Waals surface area contributed by atoms with Crippen molar-refractivity contribution in [2.24, 2.45) is 5.14 Å². The molecule has 0 radical (unpaired) electrons. The van der Waals surface area contributed by atoms with Gasteiger partial charge >= 0.3 is 7.60 Å². The predicted octanol–water partition coefficient (Wildman–Crippen LogP) is 2.04. The minimum Gasteiger partial charge on any atom is -0.358 e. The molecular weight excluding hydrogens is 393 g/mol. The molecule has 144 valence electrons. The summed E-state index contributed by atoms with van der Waals surface area (Å²) >= 11 is 0. The Bertz CT molecular complexity index is 1030. The summed E-state index contributed by atoms with van der Waals surface area (Å²) < 4.78 is 46.5. The summed E-state index contributed by atoms with van der Waals surface area (Å²) in [6.45, 7) is 0. The molecule has 1 atom stereocenters. The molecule has 1 aliphatic rings. The first-order valence-electron chi connectivity index (χ1n) is 7.71. The molecule has 0 saturated heterocycles.